The van der Waals surface area contributed by atoms with E-state index >= 15 is 0 Å². The maximum Gasteiger partial charge on any atom is 0.00925 e. The first-order chi connectivity index (χ1) is 8.49. The van der Waals surface area contributed by atoms with Crippen LogP contribution in [-0.4, -0.2) is 13.1 Å². The first-order valence-corrected chi connectivity index (χ1v) is 8.16. The molecule has 1 heteroatoms. The van der Waals surface area contributed by atoms with Gasteiger partial charge in [0.1, 0.15) is 0 Å². The molecule has 1 nitrogen and oxygen atoms in total. The number of unbranched alkanes of at least 4 members (excludes halogenated alkanes) is 3. The summed E-state index contributed by atoms with van der Waals surface area (Å²) < 4.78 is 0. The Morgan fingerprint density at radius 1 is 1.06 bits per heavy atom. The molecule has 1 saturated carbocycles. The van der Waals surface area contributed by atoms with Crippen LogP contribution in [0.15, 0.2) is 0 Å². The van der Waals surface area contributed by atoms with E-state index in [0.29, 0.717) is 5.41 Å². The largest absolute Gasteiger partial charge is 0.317 e. The average Bonchev–Trinajstić information content (AvgIpc) is 2.33. The van der Waals surface area contributed by atoms with Crippen molar-refractivity contribution in [3.8, 4) is 0 Å². The Balaban J connectivity index is 2.43. The highest BCUT2D eigenvalue weighted by Gasteiger charge is 2.34. The molecule has 108 valence electrons. The van der Waals surface area contributed by atoms with Crippen molar-refractivity contribution in [1.82, 2.24) is 5.32 Å². The third kappa shape index (κ3) is 4.91. The van der Waals surface area contributed by atoms with E-state index < -0.39 is 0 Å². The zero-order chi connectivity index (χ0) is 13.6. The highest BCUT2D eigenvalue weighted by Crippen LogP contribution is 2.41. The second-order valence-electron chi connectivity index (χ2n) is 7.38. The van der Waals surface area contributed by atoms with E-state index in [4.69, 9.17) is 0 Å². The number of hydrogen-bond donors (Lipinski definition) is 1. The van der Waals surface area contributed by atoms with Gasteiger partial charge in [-0.15, -0.1) is 0 Å². The Kier molecular flexibility index (Phi) is 6.70. The molecule has 0 heterocycles. The second kappa shape index (κ2) is 7.53. The van der Waals surface area contributed by atoms with Crippen LogP contribution in [0.1, 0.15) is 79.1 Å². The van der Waals surface area contributed by atoms with Gasteiger partial charge in [-0.2, -0.15) is 0 Å². The lowest BCUT2D eigenvalue weighted by molar-refractivity contribution is 0.111. The van der Waals surface area contributed by atoms with Gasteiger partial charge >= 0.3 is 0 Å². The SMILES string of the molecule is CCCCCCC1CC(C(C)(C)C)CCC1NC. The predicted molar refractivity (Wildman–Crippen MR) is 81.9 cm³/mol. The second-order valence-corrected chi connectivity index (χ2v) is 7.38. The maximum atomic E-state index is 3.57. The fraction of sp³-hybridized carbons (Fsp3) is 1.00. The smallest absolute Gasteiger partial charge is 0.00925 e. The van der Waals surface area contributed by atoms with Crippen molar-refractivity contribution in [2.75, 3.05) is 7.05 Å². The fourth-order valence-electron chi connectivity index (χ4n) is 3.58. The van der Waals surface area contributed by atoms with E-state index in [1.165, 1.54) is 51.4 Å². The van der Waals surface area contributed by atoms with Gasteiger partial charge in [-0.25, -0.2) is 0 Å². The lowest BCUT2D eigenvalue weighted by Gasteiger charge is -2.42. The van der Waals surface area contributed by atoms with Crippen molar-refractivity contribution in [3.63, 3.8) is 0 Å². The molecule has 1 rings (SSSR count). The molecule has 0 radical (unpaired) electrons. The Hall–Kier alpha value is -0.0400. The van der Waals surface area contributed by atoms with E-state index in [2.05, 4.69) is 40.1 Å². The molecule has 0 bridgehead atoms. The molecule has 0 spiro atoms. The predicted octanol–water partition coefficient (Wildman–Crippen LogP) is 5.01. The summed E-state index contributed by atoms with van der Waals surface area (Å²) in [6, 6.07) is 0.783. The van der Waals surface area contributed by atoms with Crippen molar-refractivity contribution >= 4 is 0 Å². The molecule has 18 heavy (non-hydrogen) atoms. The van der Waals surface area contributed by atoms with E-state index in [1.807, 2.05) is 0 Å². The van der Waals surface area contributed by atoms with Crippen molar-refractivity contribution in [3.05, 3.63) is 0 Å². The molecule has 1 aliphatic rings. The summed E-state index contributed by atoms with van der Waals surface area (Å²) in [6.45, 7) is 9.56. The standard InChI is InChI=1S/C17H35N/c1-6-7-8-9-10-14-13-15(17(2,3)4)11-12-16(14)18-5/h14-16,18H,6-13H2,1-5H3. The Labute approximate surface area is 115 Å². The molecule has 0 aromatic carbocycles. The Morgan fingerprint density at radius 2 is 1.78 bits per heavy atom. The highest BCUT2D eigenvalue weighted by molar-refractivity contribution is 4.88. The number of rotatable bonds is 6. The molecule has 0 amide bonds. The Bertz CT molecular complexity index is 216. The summed E-state index contributed by atoms with van der Waals surface area (Å²) in [5, 5.41) is 3.57. The van der Waals surface area contributed by atoms with Gasteiger partial charge < -0.3 is 5.32 Å². The first-order valence-electron chi connectivity index (χ1n) is 8.16. The van der Waals surface area contributed by atoms with Crippen LogP contribution in [-0.2, 0) is 0 Å². The quantitative estimate of drug-likeness (QED) is 0.656. The van der Waals surface area contributed by atoms with Crippen molar-refractivity contribution in [1.29, 1.82) is 0 Å². The molecule has 0 aromatic rings. The van der Waals surface area contributed by atoms with E-state index in [1.54, 1.807) is 0 Å². The van der Waals surface area contributed by atoms with E-state index in [-0.39, 0.29) is 0 Å². The minimum atomic E-state index is 0.500. The van der Waals surface area contributed by atoms with Crippen LogP contribution in [0.25, 0.3) is 0 Å². The van der Waals surface area contributed by atoms with Gasteiger partial charge in [-0.3, -0.25) is 0 Å². The summed E-state index contributed by atoms with van der Waals surface area (Å²) in [4.78, 5) is 0. The molecule has 0 aliphatic heterocycles. The summed E-state index contributed by atoms with van der Waals surface area (Å²) in [7, 11) is 2.15. The topological polar surface area (TPSA) is 12.0 Å². The lowest BCUT2D eigenvalue weighted by atomic mass is 9.66. The average molecular weight is 253 g/mol. The van der Waals surface area contributed by atoms with Crippen LogP contribution in [0.4, 0.5) is 0 Å². The molecule has 0 saturated heterocycles. The zero-order valence-corrected chi connectivity index (χ0v) is 13.4. The van der Waals surface area contributed by atoms with Crippen LogP contribution in [0.2, 0.25) is 0 Å². The zero-order valence-electron chi connectivity index (χ0n) is 13.4. The van der Waals surface area contributed by atoms with Crippen LogP contribution < -0.4 is 5.32 Å². The summed E-state index contributed by atoms with van der Waals surface area (Å²) in [5.74, 6) is 1.85. The normalized spacial score (nSPS) is 29.5. The van der Waals surface area contributed by atoms with Gasteiger partial charge in [0, 0.05) is 6.04 Å². The monoisotopic (exact) mass is 253 g/mol. The van der Waals surface area contributed by atoms with Crippen LogP contribution in [0.3, 0.4) is 0 Å². The summed E-state index contributed by atoms with van der Waals surface area (Å²) in [6.07, 6.45) is 11.3. The third-order valence-electron chi connectivity index (χ3n) is 5.01. The summed E-state index contributed by atoms with van der Waals surface area (Å²) in [5.41, 5.74) is 0.500. The molecule has 1 fully saturated rings. The highest BCUT2D eigenvalue weighted by atomic mass is 14.9. The van der Waals surface area contributed by atoms with Crippen LogP contribution in [0, 0.1) is 17.3 Å². The molecule has 3 atom stereocenters. The summed E-state index contributed by atoms with van der Waals surface area (Å²) >= 11 is 0. The van der Waals surface area contributed by atoms with Crippen molar-refractivity contribution < 1.29 is 0 Å². The van der Waals surface area contributed by atoms with E-state index in [0.717, 1.165) is 17.9 Å². The van der Waals surface area contributed by atoms with Crippen LogP contribution >= 0.6 is 0 Å². The fourth-order valence-corrected chi connectivity index (χ4v) is 3.58. The first kappa shape index (κ1) is 16.0. The van der Waals surface area contributed by atoms with Gasteiger partial charge in [0.25, 0.3) is 0 Å². The van der Waals surface area contributed by atoms with Crippen molar-refractivity contribution in [2.45, 2.75) is 85.1 Å². The van der Waals surface area contributed by atoms with Gasteiger partial charge in [-0.05, 0) is 50.0 Å². The Morgan fingerprint density at radius 3 is 2.33 bits per heavy atom. The molecular formula is C17H35N. The molecule has 1 aliphatic carbocycles. The van der Waals surface area contributed by atoms with Gasteiger partial charge in [0.05, 0.1) is 0 Å². The number of nitrogens with one attached hydrogen (secondary N) is 1. The van der Waals surface area contributed by atoms with Gasteiger partial charge in [-0.1, -0.05) is 53.4 Å². The van der Waals surface area contributed by atoms with Crippen LogP contribution in [0.5, 0.6) is 0 Å². The molecule has 0 aromatic heterocycles. The lowest BCUT2D eigenvalue weighted by Crippen LogP contribution is -2.41. The minimum Gasteiger partial charge on any atom is -0.317 e. The number of hydrogen-bond acceptors (Lipinski definition) is 1. The van der Waals surface area contributed by atoms with E-state index in [9.17, 15) is 0 Å². The third-order valence-corrected chi connectivity index (χ3v) is 5.01. The minimum absolute atomic E-state index is 0.500. The molecular weight excluding hydrogens is 218 g/mol. The molecule has 3 unspecified atom stereocenters. The van der Waals surface area contributed by atoms with Gasteiger partial charge in [0.2, 0.25) is 0 Å². The molecule has 1 N–H and O–H groups in total. The maximum absolute atomic E-state index is 3.57. The van der Waals surface area contributed by atoms with Gasteiger partial charge in [0.15, 0.2) is 0 Å². The van der Waals surface area contributed by atoms with Crippen molar-refractivity contribution in [2.24, 2.45) is 17.3 Å².